The smallest absolute Gasteiger partial charge is 0.115 e. The predicted octanol–water partition coefficient (Wildman–Crippen LogP) is 8.98. The van der Waals surface area contributed by atoms with E-state index in [1.807, 2.05) is 24.3 Å². The molecule has 0 saturated heterocycles. The molecule has 0 unspecified atom stereocenters. The van der Waals surface area contributed by atoms with Crippen molar-refractivity contribution in [3.8, 4) is 11.5 Å². The lowest BCUT2D eigenvalue weighted by Gasteiger charge is -2.02. The Bertz CT molecular complexity index is 631. The SMILES string of the molecule is CCCCCCCCCc1ccc(O)cc1.CCCCCCCCc1ccc(O)cc1. The Balaban J connectivity index is 0.000000311. The van der Waals surface area contributed by atoms with Gasteiger partial charge in [0.05, 0.1) is 0 Å². The lowest BCUT2D eigenvalue weighted by molar-refractivity contribution is 0.474. The number of hydrogen-bond donors (Lipinski definition) is 2. The van der Waals surface area contributed by atoms with Gasteiger partial charge in [-0.15, -0.1) is 0 Å². The highest BCUT2D eigenvalue weighted by atomic mass is 16.3. The van der Waals surface area contributed by atoms with Gasteiger partial charge in [-0.05, 0) is 61.1 Å². The molecule has 2 rings (SSSR count). The Labute approximate surface area is 191 Å². The average Bonchev–Trinajstić information content (AvgIpc) is 2.78. The van der Waals surface area contributed by atoms with Crippen molar-refractivity contribution < 1.29 is 10.2 Å². The fourth-order valence-corrected chi connectivity index (χ4v) is 3.72. The van der Waals surface area contributed by atoms with Gasteiger partial charge in [0, 0.05) is 0 Å². The first-order valence-corrected chi connectivity index (χ1v) is 12.7. The summed E-state index contributed by atoms with van der Waals surface area (Å²) in [6.45, 7) is 4.50. The molecule has 0 heterocycles. The Hall–Kier alpha value is -1.96. The number of aromatic hydroxyl groups is 2. The average molecular weight is 427 g/mol. The topological polar surface area (TPSA) is 40.5 Å². The van der Waals surface area contributed by atoms with Crippen molar-refractivity contribution in [3.05, 3.63) is 59.7 Å². The van der Waals surface area contributed by atoms with Gasteiger partial charge < -0.3 is 10.2 Å². The van der Waals surface area contributed by atoms with Crippen LogP contribution in [0.2, 0.25) is 0 Å². The lowest BCUT2D eigenvalue weighted by atomic mass is 10.0. The van der Waals surface area contributed by atoms with E-state index in [2.05, 4.69) is 13.8 Å². The summed E-state index contributed by atoms with van der Waals surface area (Å²) in [4.78, 5) is 0. The van der Waals surface area contributed by atoms with E-state index in [-0.39, 0.29) is 0 Å². The van der Waals surface area contributed by atoms with Crippen molar-refractivity contribution in [2.75, 3.05) is 0 Å². The van der Waals surface area contributed by atoms with Crippen molar-refractivity contribution in [2.24, 2.45) is 0 Å². The molecule has 0 radical (unpaired) electrons. The van der Waals surface area contributed by atoms with Crippen LogP contribution in [0.15, 0.2) is 48.5 Å². The van der Waals surface area contributed by atoms with Crippen LogP contribution in [0.25, 0.3) is 0 Å². The first-order chi connectivity index (χ1) is 15.2. The summed E-state index contributed by atoms with van der Waals surface area (Å²) < 4.78 is 0. The monoisotopic (exact) mass is 426 g/mol. The van der Waals surface area contributed by atoms with Crippen LogP contribution < -0.4 is 0 Å². The van der Waals surface area contributed by atoms with Gasteiger partial charge in [0.2, 0.25) is 0 Å². The van der Waals surface area contributed by atoms with Gasteiger partial charge in [-0.2, -0.15) is 0 Å². The highest BCUT2D eigenvalue weighted by molar-refractivity contribution is 5.26. The van der Waals surface area contributed by atoms with E-state index in [1.54, 1.807) is 24.3 Å². The van der Waals surface area contributed by atoms with E-state index in [1.165, 1.54) is 94.6 Å². The third-order valence-electron chi connectivity index (χ3n) is 5.76. The van der Waals surface area contributed by atoms with Gasteiger partial charge in [-0.25, -0.2) is 0 Å². The van der Waals surface area contributed by atoms with Crippen LogP contribution in [0.5, 0.6) is 11.5 Å². The highest BCUT2D eigenvalue weighted by Crippen LogP contribution is 2.14. The van der Waals surface area contributed by atoms with Gasteiger partial charge in [0.25, 0.3) is 0 Å². The van der Waals surface area contributed by atoms with Gasteiger partial charge >= 0.3 is 0 Å². The van der Waals surface area contributed by atoms with Crippen LogP contribution in [-0.4, -0.2) is 10.2 Å². The molecule has 0 bridgehead atoms. The highest BCUT2D eigenvalue weighted by Gasteiger charge is 1.95. The Morgan fingerprint density at radius 1 is 0.419 bits per heavy atom. The molecule has 0 aliphatic rings. The number of hydrogen-bond acceptors (Lipinski definition) is 2. The number of phenols is 2. The van der Waals surface area contributed by atoms with Crippen molar-refractivity contribution in [2.45, 2.75) is 110 Å². The van der Waals surface area contributed by atoms with Gasteiger partial charge in [0.15, 0.2) is 0 Å². The molecule has 2 heteroatoms. The standard InChI is InChI=1S/C15H24O.C14H22O/c1-2-3-4-5-6-7-8-9-14-10-12-15(16)13-11-14;1-2-3-4-5-6-7-8-13-9-11-14(15)12-10-13/h10-13,16H,2-9H2,1H3;9-12,15H,2-8H2,1H3. The number of aryl methyl sites for hydroxylation is 2. The van der Waals surface area contributed by atoms with Crippen molar-refractivity contribution >= 4 is 0 Å². The number of phenolic OH excluding ortho intramolecular Hbond substituents is 2. The molecule has 0 spiro atoms. The van der Waals surface area contributed by atoms with E-state index in [4.69, 9.17) is 10.2 Å². The predicted molar refractivity (Wildman–Crippen MR) is 135 cm³/mol. The zero-order valence-electron chi connectivity index (χ0n) is 20.1. The summed E-state index contributed by atoms with van der Waals surface area (Å²) in [7, 11) is 0. The molecule has 0 aliphatic heterocycles. The molecule has 2 aromatic rings. The van der Waals surface area contributed by atoms with Gasteiger partial charge in [-0.1, -0.05) is 109 Å². The van der Waals surface area contributed by atoms with Crippen LogP contribution in [0.1, 0.15) is 108 Å². The van der Waals surface area contributed by atoms with Crippen LogP contribution >= 0.6 is 0 Å². The van der Waals surface area contributed by atoms with Crippen LogP contribution in [0.4, 0.5) is 0 Å². The molecule has 0 aliphatic carbocycles. The summed E-state index contributed by atoms with van der Waals surface area (Å²) in [5, 5.41) is 18.3. The van der Waals surface area contributed by atoms with Gasteiger partial charge in [0.1, 0.15) is 11.5 Å². The molecule has 0 fully saturated rings. The van der Waals surface area contributed by atoms with Gasteiger partial charge in [-0.3, -0.25) is 0 Å². The molecule has 2 aromatic carbocycles. The zero-order valence-corrected chi connectivity index (χ0v) is 20.1. The maximum Gasteiger partial charge on any atom is 0.115 e. The van der Waals surface area contributed by atoms with Crippen LogP contribution in [0.3, 0.4) is 0 Å². The molecule has 31 heavy (non-hydrogen) atoms. The number of unbranched alkanes of at least 4 members (excludes halogenated alkanes) is 11. The lowest BCUT2D eigenvalue weighted by Crippen LogP contribution is -1.85. The first kappa shape index (κ1) is 27.1. The maximum absolute atomic E-state index is 9.15. The minimum Gasteiger partial charge on any atom is -0.508 e. The normalized spacial score (nSPS) is 10.5. The van der Waals surface area contributed by atoms with Crippen molar-refractivity contribution in [1.82, 2.24) is 0 Å². The molecule has 0 saturated carbocycles. The Morgan fingerprint density at radius 3 is 1.03 bits per heavy atom. The fraction of sp³-hybridized carbons (Fsp3) is 0.586. The summed E-state index contributed by atoms with van der Waals surface area (Å²) >= 11 is 0. The summed E-state index contributed by atoms with van der Waals surface area (Å²) in [6, 6.07) is 15.2. The summed E-state index contributed by atoms with van der Waals surface area (Å²) in [5.74, 6) is 0.727. The maximum atomic E-state index is 9.15. The van der Waals surface area contributed by atoms with E-state index < -0.39 is 0 Å². The molecule has 0 atom stereocenters. The largest absolute Gasteiger partial charge is 0.508 e. The number of rotatable bonds is 15. The van der Waals surface area contributed by atoms with Crippen LogP contribution in [0, 0.1) is 0 Å². The molecule has 2 nitrogen and oxygen atoms in total. The van der Waals surface area contributed by atoms with E-state index in [0.717, 1.165) is 12.8 Å². The summed E-state index contributed by atoms with van der Waals surface area (Å²) in [6.07, 6.45) is 19.8. The van der Waals surface area contributed by atoms with Crippen LogP contribution in [-0.2, 0) is 12.8 Å². The quantitative estimate of drug-likeness (QED) is 0.279. The second kappa shape index (κ2) is 18.8. The first-order valence-electron chi connectivity index (χ1n) is 12.7. The molecular weight excluding hydrogens is 380 g/mol. The molecule has 0 amide bonds. The molecular formula is C29H46O2. The van der Waals surface area contributed by atoms with E-state index in [9.17, 15) is 0 Å². The minimum atomic E-state index is 0.363. The summed E-state index contributed by atoms with van der Waals surface area (Å²) in [5.41, 5.74) is 2.68. The Kier molecular flexibility index (Phi) is 16.4. The third kappa shape index (κ3) is 15.5. The Morgan fingerprint density at radius 2 is 0.710 bits per heavy atom. The number of benzene rings is 2. The van der Waals surface area contributed by atoms with Crippen molar-refractivity contribution in [3.63, 3.8) is 0 Å². The molecule has 174 valence electrons. The second-order valence-corrected chi connectivity index (χ2v) is 8.72. The van der Waals surface area contributed by atoms with Crippen molar-refractivity contribution in [1.29, 1.82) is 0 Å². The molecule has 2 N–H and O–H groups in total. The van der Waals surface area contributed by atoms with E-state index >= 15 is 0 Å². The zero-order chi connectivity index (χ0) is 22.6. The fourth-order valence-electron chi connectivity index (χ4n) is 3.72. The third-order valence-corrected chi connectivity index (χ3v) is 5.76. The molecule has 0 aromatic heterocycles. The minimum absolute atomic E-state index is 0.363. The van der Waals surface area contributed by atoms with E-state index in [0.29, 0.717) is 11.5 Å². The second-order valence-electron chi connectivity index (χ2n) is 8.72.